The largest absolute Gasteiger partial charge is 0.462 e. The van der Waals surface area contributed by atoms with Crippen LogP contribution in [0.5, 0.6) is 0 Å². The van der Waals surface area contributed by atoms with Crippen molar-refractivity contribution in [3.05, 3.63) is 22.5 Å². The Labute approximate surface area is 158 Å². The maximum Gasteiger partial charge on any atom is 0.355 e. The summed E-state index contributed by atoms with van der Waals surface area (Å²) in [6, 6.07) is 0.126. The summed E-state index contributed by atoms with van der Waals surface area (Å²) in [4.78, 5) is 39.2. The lowest BCUT2D eigenvalue weighted by atomic mass is 10.1. The van der Waals surface area contributed by atoms with Crippen LogP contribution in [0.1, 0.15) is 66.2 Å². The molecule has 26 heavy (non-hydrogen) atoms. The SMILES string of the molecule is CCOC(=O)c1[nH]c(CSCC(=O)NC(C)CC)c(C(=O)OCC)c1C. The Morgan fingerprint density at radius 1 is 1.12 bits per heavy atom. The Morgan fingerprint density at radius 2 is 1.73 bits per heavy atom. The molecular weight excluding hydrogens is 356 g/mol. The average Bonchev–Trinajstić information content (AvgIpc) is 2.91. The summed E-state index contributed by atoms with van der Waals surface area (Å²) in [5.74, 6) is -0.421. The molecule has 1 heterocycles. The van der Waals surface area contributed by atoms with E-state index in [2.05, 4.69) is 10.3 Å². The van der Waals surface area contributed by atoms with Gasteiger partial charge in [-0.05, 0) is 39.7 Å². The highest BCUT2D eigenvalue weighted by Crippen LogP contribution is 2.24. The van der Waals surface area contributed by atoms with Gasteiger partial charge in [0, 0.05) is 17.5 Å². The number of H-pyrrole nitrogens is 1. The lowest BCUT2D eigenvalue weighted by Crippen LogP contribution is -2.33. The number of esters is 2. The van der Waals surface area contributed by atoms with Gasteiger partial charge < -0.3 is 19.8 Å². The Morgan fingerprint density at radius 3 is 2.31 bits per heavy atom. The fourth-order valence-corrected chi connectivity index (χ4v) is 3.11. The molecule has 0 bridgehead atoms. The van der Waals surface area contributed by atoms with Crippen molar-refractivity contribution < 1.29 is 23.9 Å². The molecule has 146 valence electrons. The molecule has 1 unspecified atom stereocenters. The number of ether oxygens (including phenoxy) is 2. The van der Waals surface area contributed by atoms with Gasteiger partial charge in [-0.1, -0.05) is 6.92 Å². The smallest absolute Gasteiger partial charge is 0.355 e. The molecule has 1 rings (SSSR count). The molecule has 7 nitrogen and oxygen atoms in total. The Bertz CT molecular complexity index is 642. The number of carbonyl (C=O) groups is 3. The molecule has 0 aliphatic heterocycles. The van der Waals surface area contributed by atoms with Crippen molar-refractivity contribution in [2.75, 3.05) is 19.0 Å². The highest BCUT2D eigenvalue weighted by atomic mass is 32.2. The topological polar surface area (TPSA) is 97.5 Å². The summed E-state index contributed by atoms with van der Waals surface area (Å²) in [5.41, 5.74) is 1.64. The van der Waals surface area contributed by atoms with Gasteiger partial charge in [0.1, 0.15) is 5.69 Å². The molecule has 0 fully saturated rings. The maximum atomic E-state index is 12.3. The first kappa shape index (κ1) is 22.1. The number of aromatic amines is 1. The number of hydrogen-bond donors (Lipinski definition) is 2. The molecule has 1 amide bonds. The summed E-state index contributed by atoms with van der Waals surface area (Å²) in [5, 5.41) is 2.89. The van der Waals surface area contributed by atoms with E-state index in [1.165, 1.54) is 11.8 Å². The van der Waals surface area contributed by atoms with Crippen LogP contribution in [-0.4, -0.2) is 47.8 Å². The number of carbonyl (C=O) groups excluding carboxylic acids is 3. The van der Waals surface area contributed by atoms with Crippen molar-refractivity contribution in [1.82, 2.24) is 10.3 Å². The molecule has 0 radical (unpaired) electrons. The van der Waals surface area contributed by atoms with E-state index in [-0.39, 0.29) is 36.6 Å². The molecule has 0 saturated heterocycles. The molecule has 0 aliphatic rings. The van der Waals surface area contributed by atoms with Crippen LogP contribution in [0.2, 0.25) is 0 Å². The second-order valence-corrected chi connectivity index (χ2v) is 6.77. The third-order valence-electron chi connectivity index (χ3n) is 3.79. The van der Waals surface area contributed by atoms with Crippen LogP contribution in [0.4, 0.5) is 0 Å². The molecule has 0 spiro atoms. The van der Waals surface area contributed by atoms with Crippen LogP contribution in [-0.2, 0) is 20.0 Å². The van der Waals surface area contributed by atoms with Gasteiger partial charge in [0.25, 0.3) is 0 Å². The fraction of sp³-hybridized carbons (Fsp3) is 0.611. The molecule has 2 N–H and O–H groups in total. The minimum atomic E-state index is -0.513. The minimum Gasteiger partial charge on any atom is -0.462 e. The molecule has 8 heteroatoms. The van der Waals surface area contributed by atoms with E-state index in [0.29, 0.717) is 22.6 Å². The van der Waals surface area contributed by atoms with Crippen LogP contribution in [0, 0.1) is 6.92 Å². The zero-order chi connectivity index (χ0) is 19.7. The summed E-state index contributed by atoms with van der Waals surface area (Å²) >= 11 is 1.36. The van der Waals surface area contributed by atoms with Crippen LogP contribution in [0.15, 0.2) is 0 Å². The first-order chi connectivity index (χ1) is 12.3. The van der Waals surface area contributed by atoms with Crippen molar-refractivity contribution in [3.8, 4) is 0 Å². The predicted molar refractivity (Wildman–Crippen MR) is 102 cm³/mol. The fourth-order valence-electron chi connectivity index (χ4n) is 2.32. The van der Waals surface area contributed by atoms with Gasteiger partial charge in [-0.15, -0.1) is 11.8 Å². The molecule has 1 atom stereocenters. The summed E-state index contributed by atoms with van der Waals surface area (Å²) in [7, 11) is 0. The second kappa shape index (κ2) is 10.9. The Hall–Kier alpha value is -1.96. The number of amides is 1. The number of thioether (sulfide) groups is 1. The van der Waals surface area contributed by atoms with E-state index in [0.717, 1.165) is 6.42 Å². The molecule has 0 aromatic carbocycles. The van der Waals surface area contributed by atoms with Gasteiger partial charge in [-0.25, -0.2) is 9.59 Å². The van der Waals surface area contributed by atoms with Crippen molar-refractivity contribution >= 4 is 29.6 Å². The zero-order valence-corrected chi connectivity index (χ0v) is 16.9. The van der Waals surface area contributed by atoms with Gasteiger partial charge in [-0.2, -0.15) is 0 Å². The van der Waals surface area contributed by atoms with Gasteiger partial charge >= 0.3 is 11.9 Å². The Balaban J connectivity index is 2.90. The average molecular weight is 384 g/mol. The lowest BCUT2D eigenvalue weighted by molar-refractivity contribution is -0.119. The van der Waals surface area contributed by atoms with E-state index in [1.54, 1.807) is 20.8 Å². The number of rotatable bonds is 10. The van der Waals surface area contributed by atoms with E-state index in [1.807, 2.05) is 13.8 Å². The standard InChI is InChI=1S/C18H28N2O5S/c1-6-11(4)19-14(21)10-26-9-13-15(17(22)24-7-2)12(5)16(20-13)18(23)25-8-3/h11,20H,6-10H2,1-5H3,(H,19,21). The predicted octanol–water partition coefficient (Wildman–Crippen LogP) is 2.82. The minimum absolute atomic E-state index is 0.0593. The van der Waals surface area contributed by atoms with Gasteiger partial charge in [-0.3, -0.25) is 4.79 Å². The summed E-state index contributed by atoms with van der Waals surface area (Å²) < 4.78 is 10.1. The normalized spacial score (nSPS) is 11.7. The van der Waals surface area contributed by atoms with Crippen LogP contribution >= 0.6 is 11.8 Å². The second-order valence-electron chi connectivity index (χ2n) is 5.79. The van der Waals surface area contributed by atoms with Crippen LogP contribution in [0.3, 0.4) is 0 Å². The van der Waals surface area contributed by atoms with Gasteiger partial charge in [0.15, 0.2) is 0 Å². The lowest BCUT2D eigenvalue weighted by Gasteiger charge is -2.11. The number of nitrogens with one attached hydrogen (secondary N) is 2. The van der Waals surface area contributed by atoms with E-state index in [4.69, 9.17) is 9.47 Å². The summed E-state index contributed by atoms with van der Waals surface area (Å²) in [6.07, 6.45) is 0.863. The first-order valence-corrected chi connectivity index (χ1v) is 9.93. The van der Waals surface area contributed by atoms with Gasteiger partial charge in [0.2, 0.25) is 5.91 Å². The zero-order valence-electron chi connectivity index (χ0n) is 16.1. The van der Waals surface area contributed by atoms with Crippen molar-refractivity contribution in [2.24, 2.45) is 0 Å². The van der Waals surface area contributed by atoms with E-state index < -0.39 is 11.9 Å². The quantitative estimate of drug-likeness (QED) is 0.602. The number of hydrogen-bond acceptors (Lipinski definition) is 6. The number of aromatic nitrogens is 1. The van der Waals surface area contributed by atoms with Crippen molar-refractivity contribution in [2.45, 2.75) is 52.8 Å². The Kier molecular flexibility index (Phi) is 9.26. The molecular formula is C18H28N2O5S. The van der Waals surface area contributed by atoms with Gasteiger partial charge in [0.05, 0.1) is 24.5 Å². The highest BCUT2D eigenvalue weighted by molar-refractivity contribution is 7.99. The maximum absolute atomic E-state index is 12.3. The van der Waals surface area contributed by atoms with Crippen LogP contribution < -0.4 is 5.32 Å². The van der Waals surface area contributed by atoms with E-state index >= 15 is 0 Å². The third kappa shape index (κ3) is 6.09. The van der Waals surface area contributed by atoms with E-state index in [9.17, 15) is 14.4 Å². The molecule has 1 aromatic heterocycles. The summed E-state index contributed by atoms with van der Waals surface area (Å²) in [6.45, 7) is 9.55. The molecule has 1 aromatic rings. The van der Waals surface area contributed by atoms with Crippen molar-refractivity contribution in [3.63, 3.8) is 0 Å². The van der Waals surface area contributed by atoms with Crippen molar-refractivity contribution in [1.29, 1.82) is 0 Å². The first-order valence-electron chi connectivity index (χ1n) is 8.78. The molecule has 0 aliphatic carbocycles. The van der Waals surface area contributed by atoms with Crippen LogP contribution in [0.25, 0.3) is 0 Å². The third-order valence-corrected chi connectivity index (χ3v) is 4.75. The monoisotopic (exact) mass is 384 g/mol. The highest BCUT2D eigenvalue weighted by Gasteiger charge is 2.25. The molecule has 0 saturated carbocycles.